The van der Waals surface area contributed by atoms with Crippen LogP contribution in [0.3, 0.4) is 0 Å². The lowest BCUT2D eigenvalue weighted by atomic mass is 10.2. The van der Waals surface area contributed by atoms with Gasteiger partial charge in [0.15, 0.2) is 9.84 Å². The molecule has 0 fully saturated rings. The number of nitrogen functional groups attached to an aromatic ring is 1. The molecule has 0 heterocycles. The monoisotopic (exact) mass is 343 g/mol. The Morgan fingerprint density at radius 1 is 1.16 bits per heavy atom. The zero-order valence-electron chi connectivity index (χ0n) is 9.81. The third kappa shape index (κ3) is 3.13. The third-order valence-corrected chi connectivity index (χ3v) is 4.96. The van der Waals surface area contributed by atoms with Crippen molar-refractivity contribution >= 4 is 31.5 Å². The van der Waals surface area contributed by atoms with Crippen LogP contribution in [0.5, 0.6) is 0 Å². The molecule has 0 saturated carbocycles. The summed E-state index contributed by atoms with van der Waals surface area (Å²) in [5, 5.41) is 0. The van der Waals surface area contributed by atoms with Gasteiger partial charge in [-0.25, -0.2) is 12.8 Å². The molecule has 19 heavy (non-hydrogen) atoms. The molecule has 0 unspecified atom stereocenters. The van der Waals surface area contributed by atoms with E-state index in [0.29, 0.717) is 5.56 Å². The predicted molar refractivity (Wildman–Crippen MR) is 75.8 cm³/mol. The lowest BCUT2D eigenvalue weighted by molar-refractivity contribution is 0.595. The minimum atomic E-state index is -3.54. The van der Waals surface area contributed by atoms with E-state index in [1.165, 1.54) is 30.3 Å². The van der Waals surface area contributed by atoms with E-state index < -0.39 is 15.7 Å². The Balaban J connectivity index is 2.37. The van der Waals surface area contributed by atoms with Crippen LogP contribution in [0.4, 0.5) is 10.1 Å². The van der Waals surface area contributed by atoms with Gasteiger partial charge in [-0.3, -0.25) is 0 Å². The second kappa shape index (κ2) is 5.30. The average Bonchev–Trinajstić information content (AvgIpc) is 2.34. The molecular formula is C13H11BrFNO2S. The largest absolute Gasteiger partial charge is 0.398 e. The SMILES string of the molecule is Nc1ccccc1S(=O)(=O)Cc1ccc(F)c(Br)c1. The number of halogens is 2. The first-order chi connectivity index (χ1) is 8.90. The number of sulfone groups is 1. The molecule has 3 nitrogen and oxygen atoms in total. The number of nitrogens with two attached hydrogens (primary N) is 1. The Bertz CT molecular complexity index is 716. The zero-order valence-corrected chi connectivity index (χ0v) is 12.2. The molecule has 2 rings (SSSR count). The Kier molecular flexibility index (Phi) is 3.91. The normalized spacial score (nSPS) is 11.5. The summed E-state index contributed by atoms with van der Waals surface area (Å²) < 4.78 is 37.8. The standard InChI is InChI=1S/C13H11BrFNO2S/c14-10-7-9(5-6-11(10)15)8-19(17,18)13-4-2-1-3-12(13)16/h1-7H,8,16H2. The number of para-hydroxylation sites is 1. The van der Waals surface area contributed by atoms with Crippen molar-refractivity contribution in [2.75, 3.05) is 5.73 Å². The summed E-state index contributed by atoms with van der Waals surface area (Å²) in [4.78, 5) is 0.0930. The molecule has 0 saturated heterocycles. The summed E-state index contributed by atoms with van der Waals surface area (Å²) >= 11 is 3.03. The molecule has 0 aliphatic rings. The van der Waals surface area contributed by atoms with Crippen LogP contribution in [0, 0.1) is 5.82 Å². The van der Waals surface area contributed by atoms with Crippen molar-refractivity contribution in [2.45, 2.75) is 10.6 Å². The van der Waals surface area contributed by atoms with E-state index in [1.807, 2.05) is 0 Å². The van der Waals surface area contributed by atoms with Gasteiger partial charge in [-0.05, 0) is 45.8 Å². The van der Waals surface area contributed by atoms with Crippen molar-refractivity contribution in [1.29, 1.82) is 0 Å². The van der Waals surface area contributed by atoms with Crippen LogP contribution in [0.25, 0.3) is 0 Å². The van der Waals surface area contributed by atoms with Gasteiger partial charge in [0.25, 0.3) is 0 Å². The summed E-state index contributed by atoms with van der Waals surface area (Å²) in [6.45, 7) is 0. The highest BCUT2D eigenvalue weighted by atomic mass is 79.9. The van der Waals surface area contributed by atoms with Crippen LogP contribution in [0.15, 0.2) is 51.8 Å². The maximum atomic E-state index is 13.1. The molecule has 0 spiro atoms. The van der Waals surface area contributed by atoms with Crippen LogP contribution >= 0.6 is 15.9 Å². The molecule has 0 atom stereocenters. The Morgan fingerprint density at radius 2 is 1.84 bits per heavy atom. The second-order valence-corrected chi connectivity index (χ2v) is 6.86. The molecule has 0 aliphatic carbocycles. The van der Waals surface area contributed by atoms with Crippen LogP contribution in [0.2, 0.25) is 0 Å². The summed E-state index contributed by atoms with van der Waals surface area (Å²) in [6.07, 6.45) is 0. The predicted octanol–water partition coefficient (Wildman–Crippen LogP) is 3.14. The van der Waals surface area contributed by atoms with Gasteiger partial charge in [-0.15, -0.1) is 0 Å². The fraction of sp³-hybridized carbons (Fsp3) is 0.0769. The van der Waals surface area contributed by atoms with Crippen LogP contribution < -0.4 is 5.73 Å². The van der Waals surface area contributed by atoms with Gasteiger partial charge < -0.3 is 5.73 Å². The fourth-order valence-electron chi connectivity index (χ4n) is 1.69. The Labute approximate surface area is 119 Å². The van der Waals surface area contributed by atoms with Crippen molar-refractivity contribution in [1.82, 2.24) is 0 Å². The van der Waals surface area contributed by atoms with E-state index in [4.69, 9.17) is 5.73 Å². The van der Waals surface area contributed by atoms with Crippen molar-refractivity contribution in [3.05, 3.63) is 58.3 Å². The van der Waals surface area contributed by atoms with E-state index >= 15 is 0 Å². The molecular weight excluding hydrogens is 333 g/mol. The van der Waals surface area contributed by atoms with Crippen molar-refractivity contribution in [2.24, 2.45) is 0 Å². The van der Waals surface area contributed by atoms with Crippen LogP contribution in [-0.2, 0) is 15.6 Å². The lowest BCUT2D eigenvalue weighted by Crippen LogP contribution is -2.07. The smallest absolute Gasteiger partial charge is 0.184 e. The highest BCUT2D eigenvalue weighted by Gasteiger charge is 2.18. The van der Waals surface area contributed by atoms with Crippen molar-refractivity contribution in [3.63, 3.8) is 0 Å². The molecule has 2 aromatic rings. The van der Waals surface area contributed by atoms with E-state index in [1.54, 1.807) is 12.1 Å². The van der Waals surface area contributed by atoms with E-state index in [9.17, 15) is 12.8 Å². The molecule has 0 bridgehead atoms. The molecule has 0 amide bonds. The van der Waals surface area contributed by atoms with Gasteiger partial charge in [0.1, 0.15) is 5.82 Å². The summed E-state index contributed by atoms with van der Waals surface area (Å²) in [5.74, 6) is -0.652. The molecule has 0 aromatic heterocycles. The maximum Gasteiger partial charge on any atom is 0.184 e. The maximum absolute atomic E-state index is 13.1. The fourth-order valence-corrected chi connectivity index (χ4v) is 3.60. The average molecular weight is 344 g/mol. The first-order valence-electron chi connectivity index (χ1n) is 5.41. The van der Waals surface area contributed by atoms with E-state index in [-0.39, 0.29) is 20.8 Å². The van der Waals surface area contributed by atoms with Crippen molar-refractivity contribution < 1.29 is 12.8 Å². The molecule has 6 heteroatoms. The highest BCUT2D eigenvalue weighted by Crippen LogP contribution is 2.24. The van der Waals surface area contributed by atoms with Crippen molar-refractivity contribution in [3.8, 4) is 0 Å². The van der Waals surface area contributed by atoms with Crippen LogP contribution in [-0.4, -0.2) is 8.42 Å². The third-order valence-electron chi connectivity index (χ3n) is 2.59. The first kappa shape index (κ1) is 14.0. The second-order valence-electron chi connectivity index (χ2n) is 4.05. The Hall–Kier alpha value is -1.40. The summed E-state index contributed by atoms with van der Waals surface area (Å²) in [7, 11) is -3.54. The van der Waals surface area contributed by atoms with Gasteiger partial charge >= 0.3 is 0 Å². The molecule has 0 radical (unpaired) electrons. The van der Waals surface area contributed by atoms with E-state index in [0.717, 1.165) is 0 Å². The summed E-state index contributed by atoms with van der Waals surface area (Å²) in [5.41, 5.74) is 6.37. The lowest BCUT2D eigenvalue weighted by Gasteiger charge is -2.08. The minimum absolute atomic E-state index is 0.0930. The zero-order chi connectivity index (χ0) is 14.0. The first-order valence-corrected chi connectivity index (χ1v) is 7.86. The van der Waals surface area contributed by atoms with Gasteiger partial charge in [-0.1, -0.05) is 18.2 Å². The number of hydrogen-bond donors (Lipinski definition) is 1. The minimum Gasteiger partial charge on any atom is -0.398 e. The molecule has 0 aliphatic heterocycles. The molecule has 100 valence electrons. The number of rotatable bonds is 3. The summed E-state index contributed by atoms with van der Waals surface area (Å²) in [6, 6.07) is 10.4. The van der Waals surface area contributed by atoms with Crippen LogP contribution in [0.1, 0.15) is 5.56 Å². The topological polar surface area (TPSA) is 60.2 Å². The molecule has 2 N–H and O–H groups in total. The quantitative estimate of drug-likeness (QED) is 0.871. The van der Waals surface area contributed by atoms with E-state index in [2.05, 4.69) is 15.9 Å². The van der Waals surface area contributed by atoms with Gasteiger partial charge in [0, 0.05) is 0 Å². The number of benzene rings is 2. The number of anilines is 1. The van der Waals surface area contributed by atoms with Gasteiger partial charge in [0.2, 0.25) is 0 Å². The highest BCUT2D eigenvalue weighted by molar-refractivity contribution is 9.10. The number of hydrogen-bond acceptors (Lipinski definition) is 3. The van der Waals surface area contributed by atoms with Gasteiger partial charge in [-0.2, -0.15) is 0 Å². The molecule has 2 aromatic carbocycles. The van der Waals surface area contributed by atoms with Gasteiger partial charge in [0.05, 0.1) is 20.8 Å². The Morgan fingerprint density at radius 3 is 2.47 bits per heavy atom.